The number of rotatable bonds is 6. The summed E-state index contributed by atoms with van der Waals surface area (Å²) in [5, 5.41) is 2.86. The van der Waals surface area contributed by atoms with E-state index >= 15 is 0 Å². The van der Waals surface area contributed by atoms with E-state index < -0.39 is 5.60 Å². The van der Waals surface area contributed by atoms with Crippen LogP contribution in [0.2, 0.25) is 0 Å². The minimum Gasteiger partial charge on any atom is -0.444 e. The number of carbonyl (C=O) groups is 3. The average molecular weight is 504 g/mol. The van der Waals surface area contributed by atoms with Gasteiger partial charge in [-0.25, -0.2) is 4.79 Å². The van der Waals surface area contributed by atoms with Gasteiger partial charge in [-0.1, -0.05) is 19.4 Å². The number of amides is 1. The third kappa shape index (κ3) is 5.24. The molecule has 0 radical (unpaired) electrons. The molecule has 4 aliphatic rings. The molecule has 7 atom stereocenters. The largest absolute Gasteiger partial charge is 0.444 e. The predicted molar refractivity (Wildman–Crippen MR) is 141 cm³/mol. The molecule has 3 saturated carbocycles. The Hall–Kier alpha value is -1.30. The fourth-order valence-electron chi connectivity index (χ4n) is 8.37. The predicted octanol–water partition coefficient (Wildman–Crippen LogP) is 6.21. The maximum Gasteiger partial charge on any atom is 0.407 e. The molecule has 0 saturated heterocycles. The van der Waals surface area contributed by atoms with Gasteiger partial charge in [0, 0.05) is 24.6 Å². The number of alkyl carbamates (subject to hydrolysis) is 1. The van der Waals surface area contributed by atoms with E-state index in [4.69, 9.17) is 4.74 Å². The molecular formula is C29H45NO4S. The van der Waals surface area contributed by atoms with Crippen molar-refractivity contribution in [2.75, 3.05) is 18.1 Å². The Labute approximate surface area is 216 Å². The molecule has 0 heterocycles. The van der Waals surface area contributed by atoms with Gasteiger partial charge in [-0.3, -0.25) is 9.59 Å². The van der Waals surface area contributed by atoms with E-state index in [0.717, 1.165) is 37.2 Å². The molecule has 0 spiro atoms. The van der Waals surface area contributed by atoms with Crippen LogP contribution in [-0.4, -0.2) is 41.3 Å². The summed E-state index contributed by atoms with van der Waals surface area (Å²) in [4.78, 5) is 36.9. The lowest BCUT2D eigenvalue weighted by atomic mass is 9.45. The van der Waals surface area contributed by atoms with Gasteiger partial charge in [-0.05, 0) is 113 Å². The van der Waals surface area contributed by atoms with Gasteiger partial charge in [0.25, 0.3) is 0 Å². The van der Waals surface area contributed by atoms with Crippen LogP contribution < -0.4 is 5.32 Å². The van der Waals surface area contributed by atoms with E-state index in [1.54, 1.807) is 6.92 Å². The first-order valence-electron chi connectivity index (χ1n) is 13.6. The standard InChI is InChI=1S/C29H45NO4S/c1-18(31)22-7-8-23-21-15-19(17-35-14-13-30-26(33)34-27(2,3)4)25-16-20(32)9-11-29(25,6)24(21)10-12-28(22,23)5/h16,19,21-24H,7-15,17H2,1-6H3,(H,30,33)/t19?,21?,22?,23?,24?,28-,29-/m1/s1. The van der Waals surface area contributed by atoms with Crippen LogP contribution in [0.4, 0.5) is 4.79 Å². The van der Waals surface area contributed by atoms with Gasteiger partial charge in [0.05, 0.1) is 0 Å². The summed E-state index contributed by atoms with van der Waals surface area (Å²) in [6.45, 7) is 12.8. The summed E-state index contributed by atoms with van der Waals surface area (Å²) in [5.74, 6) is 4.98. The van der Waals surface area contributed by atoms with E-state index in [1.807, 2.05) is 38.6 Å². The topological polar surface area (TPSA) is 72.5 Å². The number of carbonyl (C=O) groups excluding carboxylic acids is 3. The molecule has 5 nitrogen and oxygen atoms in total. The van der Waals surface area contributed by atoms with Crippen molar-refractivity contribution >= 4 is 29.4 Å². The highest BCUT2D eigenvalue weighted by atomic mass is 32.2. The number of thioether (sulfide) groups is 1. The molecule has 0 aromatic heterocycles. The summed E-state index contributed by atoms with van der Waals surface area (Å²) in [6.07, 6.45) is 8.97. The zero-order chi connectivity index (χ0) is 25.6. The Morgan fingerprint density at radius 3 is 2.57 bits per heavy atom. The monoisotopic (exact) mass is 503 g/mol. The van der Waals surface area contributed by atoms with Crippen molar-refractivity contribution in [3.8, 4) is 0 Å². The number of Topliss-reactive ketones (excluding diaryl/α,β-unsaturated/α-hetero) is 1. The Morgan fingerprint density at radius 1 is 1.14 bits per heavy atom. The van der Waals surface area contributed by atoms with Gasteiger partial charge in [0.15, 0.2) is 5.78 Å². The van der Waals surface area contributed by atoms with Crippen LogP contribution in [0.25, 0.3) is 0 Å². The molecule has 1 N–H and O–H groups in total. The molecule has 3 fully saturated rings. The Balaban J connectivity index is 1.45. The van der Waals surface area contributed by atoms with Crippen LogP contribution in [0.15, 0.2) is 11.6 Å². The molecule has 0 aliphatic heterocycles. The maximum absolute atomic E-state index is 12.5. The van der Waals surface area contributed by atoms with Gasteiger partial charge in [0.2, 0.25) is 0 Å². The van der Waals surface area contributed by atoms with Gasteiger partial charge in [0.1, 0.15) is 11.4 Å². The minimum atomic E-state index is -0.490. The second-order valence-corrected chi connectivity index (χ2v) is 14.2. The minimum absolute atomic E-state index is 0.104. The molecule has 4 rings (SSSR count). The molecule has 0 bridgehead atoms. The summed E-state index contributed by atoms with van der Waals surface area (Å²) >= 11 is 1.87. The molecule has 6 heteroatoms. The fourth-order valence-corrected chi connectivity index (χ4v) is 9.39. The molecule has 35 heavy (non-hydrogen) atoms. The van der Waals surface area contributed by atoms with Crippen LogP contribution >= 0.6 is 11.8 Å². The van der Waals surface area contributed by atoms with Crippen LogP contribution in [0, 0.1) is 40.4 Å². The lowest BCUT2D eigenvalue weighted by Crippen LogP contribution is -2.53. The number of hydrogen-bond acceptors (Lipinski definition) is 5. The van der Waals surface area contributed by atoms with Gasteiger partial charge in [-0.15, -0.1) is 0 Å². The Kier molecular flexibility index (Phi) is 7.54. The van der Waals surface area contributed by atoms with Crippen LogP contribution in [0.3, 0.4) is 0 Å². The first-order valence-corrected chi connectivity index (χ1v) is 14.8. The smallest absolute Gasteiger partial charge is 0.407 e. The third-order valence-corrected chi connectivity index (χ3v) is 11.0. The summed E-state index contributed by atoms with van der Waals surface area (Å²) < 4.78 is 5.33. The number of ether oxygens (including phenoxy) is 1. The summed E-state index contributed by atoms with van der Waals surface area (Å²) in [7, 11) is 0. The van der Waals surface area contributed by atoms with Gasteiger partial charge < -0.3 is 10.1 Å². The first kappa shape index (κ1) is 26.8. The Morgan fingerprint density at radius 2 is 1.89 bits per heavy atom. The average Bonchev–Trinajstić information content (AvgIpc) is 3.11. The van der Waals surface area contributed by atoms with Crippen molar-refractivity contribution in [3.63, 3.8) is 0 Å². The van der Waals surface area contributed by atoms with Gasteiger partial charge >= 0.3 is 6.09 Å². The fraction of sp³-hybridized carbons (Fsp3) is 0.828. The highest BCUT2D eigenvalue weighted by molar-refractivity contribution is 7.99. The molecule has 1 amide bonds. The lowest BCUT2D eigenvalue weighted by molar-refractivity contribution is -0.129. The van der Waals surface area contributed by atoms with E-state index in [9.17, 15) is 14.4 Å². The van der Waals surface area contributed by atoms with Crippen molar-refractivity contribution < 1.29 is 19.1 Å². The van der Waals surface area contributed by atoms with Crippen LogP contribution in [0.5, 0.6) is 0 Å². The highest BCUT2D eigenvalue weighted by Gasteiger charge is 2.61. The molecule has 5 unspecified atom stereocenters. The second-order valence-electron chi connectivity index (χ2n) is 13.1. The van der Waals surface area contributed by atoms with E-state index in [1.165, 1.54) is 18.4 Å². The maximum atomic E-state index is 12.5. The van der Waals surface area contributed by atoms with E-state index in [2.05, 4.69) is 19.2 Å². The quantitative estimate of drug-likeness (QED) is 0.437. The zero-order valence-corrected chi connectivity index (χ0v) is 23.4. The van der Waals surface area contributed by atoms with Crippen molar-refractivity contribution in [2.24, 2.45) is 40.4 Å². The third-order valence-electron chi connectivity index (χ3n) is 9.84. The molecule has 0 aromatic carbocycles. The number of hydrogen-bond donors (Lipinski definition) is 1. The highest BCUT2D eigenvalue weighted by Crippen LogP contribution is 2.67. The van der Waals surface area contributed by atoms with E-state index in [-0.39, 0.29) is 28.6 Å². The van der Waals surface area contributed by atoms with Gasteiger partial charge in [-0.2, -0.15) is 11.8 Å². The molecule has 0 aromatic rings. The second kappa shape index (κ2) is 9.87. The number of ketones is 2. The number of fused-ring (bicyclic) bond motifs is 5. The number of allylic oxidation sites excluding steroid dienone is 1. The first-order chi connectivity index (χ1) is 16.3. The van der Waals surface area contributed by atoms with Crippen LogP contribution in [0.1, 0.15) is 86.5 Å². The normalized spacial score (nSPS) is 38.6. The van der Waals surface area contributed by atoms with Crippen molar-refractivity contribution in [1.29, 1.82) is 0 Å². The molecule has 196 valence electrons. The molecule has 4 aliphatic carbocycles. The summed E-state index contributed by atoms with van der Waals surface area (Å²) in [6, 6.07) is 0. The zero-order valence-electron chi connectivity index (χ0n) is 22.6. The van der Waals surface area contributed by atoms with Crippen molar-refractivity contribution in [3.05, 3.63) is 11.6 Å². The SMILES string of the molecule is CC(=O)C1CCC2C3CC(CSCCNC(=O)OC(C)(C)C)C4=CC(=O)CC[C@]4(C)C3CC[C@]12C. The summed E-state index contributed by atoms with van der Waals surface area (Å²) in [5.41, 5.74) is 1.15. The molecular weight excluding hydrogens is 458 g/mol. The van der Waals surface area contributed by atoms with E-state index in [0.29, 0.717) is 42.4 Å². The van der Waals surface area contributed by atoms with Crippen LogP contribution in [-0.2, 0) is 14.3 Å². The number of nitrogens with one attached hydrogen (secondary N) is 1. The van der Waals surface area contributed by atoms with Crippen molar-refractivity contribution in [2.45, 2.75) is 92.1 Å². The van der Waals surface area contributed by atoms with Crippen molar-refractivity contribution in [1.82, 2.24) is 5.32 Å². The lowest BCUT2D eigenvalue weighted by Gasteiger charge is -2.60. The Bertz CT molecular complexity index is 892.